The molecule has 0 saturated heterocycles. The number of para-hydroxylation sites is 1. The summed E-state index contributed by atoms with van der Waals surface area (Å²) in [6, 6.07) is 12.0. The number of hydrogen-bond acceptors (Lipinski definition) is 6. The first-order chi connectivity index (χ1) is 13.0. The van der Waals surface area contributed by atoms with Gasteiger partial charge in [-0.1, -0.05) is 36.4 Å². The largest absolute Gasteiger partial charge is 0.496 e. The van der Waals surface area contributed by atoms with Crippen LogP contribution in [-0.2, 0) is 9.53 Å². The Balaban J connectivity index is 1.86. The van der Waals surface area contributed by atoms with Gasteiger partial charge in [0.15, 0.2) is 5.70 Å². The first-order valence-corrected chi connectivity index (χ1v) is 8.07. The zero-order chi connectivity index (χ0) is 19.4. The zero-order valence-corrected chi connectivity index (χ0v) is 14.7. The molecule has 0 saturated carbocycles. The Morgan fingerprint density at radius 3 is 2.74 bits per heavy atom. The minimum absolute atomic E-state index is 0.0417. The van der Waals surface area contributed by atoms with Crippen molar-refractivity contribution in [1.29, 1.82) is 0 Å². The van der Waals surface area contributed by atoms with Crippen LogP contribution in [0.5, 0.6) is 5.75 Å². The second-order valence-electron chi connectivity index (χ2n) is 5.72. The second kappa shape index (κ2) is 7.65. The Bertz CT molecular complexity index is 1010. The lowest BCUT2D eigenvalue weighted by molar-refractivity contribution is -0.385. The van der Waals surface area contributed by atoms with E-state index in [1.807, 2.05) is 24.3 Å². The molecular weight excluding hydrogens is 348 g/mol. The summed E-state index contributed by atoms with van der Waals surface area (Å²) < 4.78 is 10.4. The summed E-state index contributed by atoms with van der Waals surface area (Å²) in [5, 5.41) is 11.1. The van der Waals surface area contributed by atoms with E-state index in [2.05, 4.69) is 4.99 Å². The van der Waals surface area contributed by atoms with Crippen molar-refractivity contribution in [3.8, 4) is 5.75 Å². The van der Waals surface area contributed by atoms with Gasteiger partial charge in [-0.2, -0.15) is 0 Å². The number of methoxy groups -OCH3 is 1. The fourth-order valence-corrected chi connectivity index (χ4v) is 2.53. The molecule has 0 bridgehead atoms. The molecule has 2 aromatic rings. The first kappa shape index (κ1) is 18.1. The monoisotopic (exact) mass is 364 g/mol. The highest BCUT2D eigenvalue weighted by molar-refractivity contribution is 6.11. The molecule has 0 aliphatic carbocycles. The van der Waals surface area contributed by atoms with Gasteiger partial charge in [0.25, 0.3) is 5.69 Å². The summed E-state index contributed by atoms with van der Waals surface area (Å²) >= 11 is 0. The van der Waals surface area contributed by atoms with Crippen molar-refractivity contribution in [3.63, 3.8) is 0 Å². The predicted molar refractivity (Wildman–Crippen MR) is 101 cm³/mol. The number of aryl methyl sites for hydroxylation is 1. The Morgan fingerprint density at radius 1 is 1.22 bits per heavy atom. The van der Waals surface area contributed by atoms with Gasteiger partial charge < -0.3 is 9.47 Å². The SMILES string of the molecule is COc1ccccc1C=CC=C1N=C(c2ccc(C)c([N+](=O)[O-])c2)OC1=O. The smallest absolute Gasteiger partial charge is 0.363 e. The van der Waals surface area contributed by atoms with Gasteiger partial charge in [-0.3, -0.25) is 10.1 Å². The number of esters is 1. The Hall–Kier alpha value is -3.74. The lowest BCUT2D eigenvalue weighted by Crippen LogP contribution is -2.06. The van der Waals surface area contributed by atoms with Crippen molar-refractivity contribution in [3.05, 3.63) is 87.1 Å². The number of rotatable bonds is 5. The van der Waals surface area contributed by atoms with Gasteiger partial charge in [-0.15, -0.1) is 0 Å². The number of allylic oxidation sites excluding steroid dienone is 2. The fraction of sp³-hybridized carbons (Fsp3) is 0.100. The molecule has 0 unspecified atom stereocenters. The maximum Gasteiger partial charge on any atom is 0.363 e. The van der Waals surface area contributed by atoms with E-state index in [0.29, 0.717) is 16.9 Å². The third-order valence-corrected chi connectivity index (χ3v) is 3.94. The second-order valence-corrected chi connectivity index (χ2v) is 5.72. The molecule has 1 aliphatic rings. The van der Waals surface area contributed by atoms with Crippen molar-refractivity contribution in [2.75, 3.05) is 7.11 Å². The van der Waals surface area contributed by atoms with Crippen LogP contribution >= 0.6 is 0 Å². The summed E-state index contributed by atoms with van der Waals surface area (Å²) in [6.45, 7) is 1.64. The van der Waals surface area contributed by atoms with Gasteiger partial charge in [0.1, 0.15) is 5.75 Å². The van der Waals surface area contributed by atoms with E-state index in [9.17, 15) is 14.9 Å². The standard InChI is InChI=1S/C20H16N2O5/c1-13-10-11-15(12-17(13)22(24)25)19-21-16(20(23)27-19)8-5-7-14-6-3-4-9-18(14)26-2/h3-12H,1-2H3. The van der Waals surface area contributed by atoms with Crippen LogP contribution in [0.25, 0.3) is 6.08 Å². The normalized spacial score (nSPS) is 15.1. The van der Waals surface area contributed by atoms with Crippen molar-refractivity contribution in [2.24, 2.45) is 4.99 Å². The molecule has 1 heterocycles. The van der Waals surface area contributed by atoms with Crippen LogP contribution in [0.2, 0.25) is 0 Å². The van der Waals surface area contributed by atoms with E-state index in [1.54, 1.807) is 38.3 Å². The molecule has 3 rings (SSSR count). The molecule has 1 aliphatic heterocycles. The molecule has 7 nitrogen and oxygen atoms in total. The highest BCUT2D eigenvalue weighted by Crippen LogP contribution is 2.23. The van der Waals surface area contributed by atoms with Gasteiger partial charge in [-0.05, 0) is 25.1 Å². The molecule has 0 aromatic heterocycles. The van der Waals surface area contributed by atoms with Gasteiger partial charge in [0.05, 0.1) is 12.0 Å². The number of carbonyl (C=O) groups is 1. The lowest BCUT2D eigenvalue weighted by atomic mass is 10.1. The van der Waals surface area contributed by atoms with Crippen LogP contribution in [0.1, 0.15) is 16.7 Å². The van der Waals surface area contributed by atoms with Gasteiger partial charge in [-0.25, -0.2) is 9.79 Å². The molecule has 0 fully saturated rings. The van der Waals surface area contributed by atoms with Crippen LogP contribution in [0.3, 0.4) is 0 Å². The van der Waals surface area contributed by atoms with Crippen molar-refractivity contribution in [2.45, 2.75) is 6.92 Å². The molecule has 0 atom stereocenters. The number of ether oxygens (including phenoxy) is 2. The Morgan fingerprint density at radius 2 is 2.00 bits per heavy atom. The minimum atomic E-state index is -0.613. The Labute approximate surface area is 155 Å². The van der Waals surface area contributed by atoms with E-state index >= 15 is 0 Å². The number of benzene rings is 2. The number of nitro groups is 1. The summed E-state index contributed by atoms with van der Waals surface area (Å²) in [6.07, 6.45) is 4.96. The third kappa shape index (κ3) is 3.92. The number of carbonyl (C=O) groups excluding carboxylic acids is 1. The molecule has 0 N–H and O–H groups in total. The van der Waals surface area contributed by atoms with E-state index < -0.39 is 10.9 Å². The van der Waals surface area contributed by atoms with Gasteiger partial charge in [0, 0.05) is 22.8 Å². The number of hydrogen-bond donors (Lipinski definition) is 0. The fourth-order valence-electron chi connectivity index (χ4n) is 2.53. The van der Waals surface area contributed by atoms with E-state index in [4.69, 9.17) is 9.47 Å². The van der Waals surface area contributed by atoms with Crippen molar-refractivity contribution in [1.82, 2.24) is 0 Å². The molecule has 0 amide bonds. The molecule has 27 heavy (non-hydrogen) atoms. The average molecular weight is 364 g/mol. The van der Waals surface area contributed by atoms with E-state index in [1.165, 1.54) is 12.1 Å². The molecule has 2 aromatic carbocycles. The van der Waals surface area contributed by atoms with Crippen LogP contribution in [0.4, 0.5) is 5.69 Å². The first-order valence-electron chi connectivity index (χ1n) is 8.07. The minimum Gasteiger partial charge on any atom is -0.496 e. The average Bonchev–Trinajstić information content (AvgIpc) is 3.03. The Kier molecular flexibility index (Phi) is 5.12. The van der Waals surface area contributed by atoms with E-state index in [-0.39, 0.29) is 17.3 Å². The predicted octanol–water partition coefficient (Wildman–Crippen LogP) is 3.81. The molecule has 0 radical (unpaired) electrons. The maximum absolute atomic E-state index is 12.0. The van der Waals surface area contributed by atoms with Crippen LogP contribution in [0, 0.1) is 17.0 Å². The van der Waals surface area contributed by atoms with Gasteiger partial charge >= 0.3 is 5.97 Å². The summed E-state index contributed by atoms with van der Waals surface area (Å²) in [4.78, 5) is 26.7. The summed E-state index contributed by atoms with van der Waals surface area (Å²) in [5.41, 5.74) is 1.79. The highest BCUT2D eigenvalue weighted by atomic mass is 16.6. The molecule has 7 heteroatoms. The number of nitrogens with zero attached hydrogens (tertiary/aromatic N) is 2. The topological polar surface area (TPSA) is 91.0 Å². The van der Waals surface area contributed by atoms with Crippen molar-refractivity contribution < 1.29 is 19.2 Å². The van der Waals surface area contributed by atoms with Crippen LogP contribution in [0.15, 0.2) is 65.3 Å². The maximum atomic E-state index is 12.0. The number of nitro benzene ring substituents is 1. The van der Waals surface area contributed by atoms with Crippen LogP contribution < -0.4 is 4.74 Å². The lowest BCUT2D eigenvalue weighted by Gasteiger charge is -2.02. The third-order valence-electron chi connectivity index (χ3n) is 3.94. The quantitative estimate of drug-likeness (QED) is 0.348. The number of aliphatic imine (C=N–C) groups is 1. The molecule has 136 valence electrons. The van der Waals surface area contributed by atoms with Gasteiger partial charge in [0.2, 0.25) is 5.90 Å². The zero-order valence-electron chi connectivity index (χ0n) is 14.7. The van der Waals surface area contributed by atoms with E-state index in [0.717, 1.165) is 5.56 Å². The highest BCUT2D eigenvalue weighted by Gasteiger charge is 2.25. The summed E-state index contributed by atoms with van der Waals surface area (Å²) in [5.74, 6) is 0.134. The molecular formula is C20H16N2O5. The van der Waals surface area contributed by atoms with Crippen molar-refractivity contribution >= 4 is 23.6 Å². The number of cyclic esters (lactones) is 1. The van der Waals surface area contributed by atoms with Crippen LogP contribution in [-0.4, -0.2) is 23.9 Å². The molecule has 0 spiro atoms. The summed E-state index contributed by atoms with van der Waals surface area (Å²) in [7, 11) is 1.58.